The highest BCUT2D eigenvalue weighted by Gasteiger charge is 2.23. The van der Waals surface area contributed by atoms with Crippen molar-refractivity contribution in [2.24, 2.45) is 0 Å². The van der Waals surface area contributed by atoms with Crippen LogP contribution in [-0.2, 0) is 0 Å². The van der Waals surface area contributed by atoms with Gasteiger partial charge in [-0.15, -0.1) is 11.8 Å². The molecule has 144 valence electrons. The molecular weight excluding hydrogens is 376 g/mol. The van der Waals surface area contributed by atoms with Gasteiger partial charge >= 0.3 is 0 Å². The molecule has 1 aliphatic heterocycles. The number of allylic oxidation sites excluding steroid dienone is 1. The van der Waals surface area contributed by atoms with Crippen LogP contribution >= 0.6 is 11.8 Å². The van der Waals surface area contributed by atoms with Crippen LogP contribution in [0.1, 0.15) is 0 Å². The molecule has 1 saturated heterocycles. The lowest BCUT2D eigenvalue weighted by Gasteiger charge is -2.37. The molecule has 28 heavy (non-hydrogen) atoms. The van der Waals surface area contributed by atoms with Crippen molar-refractivity contribution in [1.82, 2.24) is 14.9 Å². The maximum absolute atomic E-state index is 9.18. The van der Waals surface area contributed by atoms with Crippen molar-refractivity contribution >= 4 is 28.5 Å². The van der Waals surface area contributed by atoms with E-state index in [9.17, 15) is 10.5 Å². The molecule has 2 heterocycles. The van der Waals surface area contributed by atoms with Gasteiger partial charge in [-0.25, -0.2) is 9.97 Å². The van der Waals surface area contributed by atoms with Crippen LogP contribution in [0.5, 0.6) is 11.5 Å². The van der Waals surface area contributed by atoms with Crippen molar-refractivity contribution in [1.29, 1.82) is 10.5 Å². The zero-order chi connectivity index (χ0) is 20.1. The van der Waals surface area contributed by atoms with Gasteiger partial charge in [-0.1, -0.05) is 0 Å². The fraction of sp³-hybridized carbons (Fsp3) is 0.368. The van der Waals surface area contributed by atoms with Gasteiger partial charge in [-0.05, 0) is 12.3 Å². The van der Waals surface area contributed by atoms with Crippen molar-refractivity contribution in [2.75, 3.05) is 51.6 Å². The number of methoxy groups -OCH3 is 2. The maximum atomic E-state index is 9.18. The van der Waals surface area contributed by atoms with Gasteiger partial charge in [0.25, 0.3) is 0 Å². The zero-order valence-corrected chi connectivity index (χ0v) is 16.8. The summed E-state index contributed by atoms with van der Waals surface area (Å²) in [5.41, 5.74) is 0.941. The summed E-state index contributed by atoms with van der Waals surface area (Å²) >= 11 is 1.43. The van der Waals surface area contributed by atoms with Crippen LogP contribution in [0.25, 0.3) is 10.9 Å². The zero-order valence-electron chi connectivity index (χ0n) is 16.0. The van der Waals surface area contributed by atoms with E-state index in [0.717, 1.165) is 21.7 Å². The second kappa shape index (κ2) is 8.68. The Kier molecular flexibility index (Phi) is 6.07. The van der Waals surface area contributed by atoms with Gasteiger partial charge in [0.05, 0.1) is 24.8 Å². The highest BCUT2D eigenvalue weighted by molar-refractivity contribution is 8.02. The third-order valence-corrected chi connectivity index (χ3v) is 5.47. The van der Waals surface area contributed by atoms with Crippen LogP contribution in [0.15, 0.2) is 29.1 Å². The smallest absolute Gasteiger partial charge is 0.162 e. The summed E-state index contributed by atoms with van der Waals surface area (Å²) < 4.78 is 10.8. The molecule has 1 aromatic heterocycles. The summed E-state index contributed by atoms with van der Waals surface area (Å²) in [6.07, 6.45) is 3.43. The van der Waals surface area contributed by atoms with Crippen LogP contribution in [0.3, 0.4) is 0 Å². The molecule has 9 heteroatoms. The van der Waals surface area contributed by atoms with Crippen LogP contribution < -0.4 is 14.4 Å². The lowest BCUT2D eigenvalue weighted by Crippen LogP contribution is -2.46. The van der Waals surface area contributed by atoms with Crippen molar-refractivity contribution in [2.45, 2.75) is 0 Å². The van der Waals surface area contributed by atoms with Gasteiger partial charge in [0.1, 0.15) is 24.3 Å². The monoisotopic (exact) mass is 396 g/mol. The first-order chi connectivity index (χ1) is 13.7. The summed E-state index contributed by atoms with van der Waals surface area (Å²) in [6.45, 7) is 2.83. The van der Waals surface area contributed by atoms with Crippen molar-refractivity contribution < 1.29 is 9.47 Å². The molecular formula is C19H20N6O2S. The lowest BCUT2D eigenvalue weighted by atomic mass is 10.2. The van der Waals surface area contributed by atoms with Gasteiger partial charge in [0, 0.05) is 37.6 Å². The van der Waals surface area contributed by atoms with E-state index in [1.54, 1.807) is 20.5 Å². The number of piperazine rings is 1. The minimum absolute atomic E-state index is 0.158. The van der Waals surface area contributed by atoms with E-state index < -0.39 is 0 Å². The second-order valence-electron chi connectivity index (χ2n) is 6.00. The Morgan fingerprint density at radius 1 is 1.04 bits per heavy atom. The number of benzene rings is 1. The number of nitriles is 2. The average molecular weight is 396 g/mol. The van der Waals surface area contributed by atoms with Gasteiger partial charge in [0.2, 0.25) is 0 Å². The molecule has 2 aromatic rings. The second-order valence-corrected chi connectivity index (χ2v) is 6.80. The molecule has 0 aliphatic carbocycles. The SMILES string of the molecule is COc1cc2ncnc(N3CCN(C(SC)=C(C#N)C#N)CC3)c2cc1OC. The van der Waals surface area contributed by atoms with Crippen LogP contribution in [-0.4, -0.2) is 61.5 Å². The van der Waals surface area contributed by atoms with E-state index in [1.165, 1.54) is 11.8 Å². The molecule has 1 aromatic carbocycles. The van der Waals surface area contributed by atoms with E-state index in [-0.39, 0.29) is 5.57 Å². The predicted octanol–water partition coefficient (Wildman–Crippen LogP) is 2.39. The normalized spacial score (nSPS) is 13.6. The Balaban J connectivity index is 1.89. The molecule has 3 rings (SSSR count). The van der Waals surface area contributed by atoms with Crippen molar-refractivity contribution in [3.63, 3.8) is 0 Å². The molecule has 1 fully saturated rings. The molecule has 1 aliphatic rings. The molecule has 8 nitrogen and oxygen atoms in total. The Bertz CT molecular complexity index is 970. The highest BCUT2D eigenvalue weighted by Crippen LogP contribution is 2.35. The number of ether oxygens (including phenoxy) is 2. The highest BCUT2D eigenvalue weighted by atomic mass is 32.2. The number of hydrogen-bond acceptors (Lipinski definition) is 9. The Morgan fingerprint density at radius 2 is 1.68 bits per heavy atom. The largest absolute Gasteiger partial charge is 0.493 e. The molecule has 0 N–H and O–H groups in total. The summed E-state index contributed by atoms with van der Waals surface area (Å²) in [7, 11) is 3.20. The number of rotatable bonds is 5. The fourth-order valence-electron chi connectivity index (χ4n) is 3.25. The Hall–Kier alpha value is -3.17. The standard InChI is InChI=1S/C19H20N6O2S/c1-26-16-8-14-15(9-17(16)27-2)22-12-23-18(14)24-4-6-25(7-5-24)19(28-3)13(10-20)11-21/h8-9,12H,4-7H2,1-3H3. The summed E-state index contributed by atoms with van der Waals surface area (Å²) in [5.74, 6) is 2.09. The van der Waals surface area contributed by atoms with Crippen LogP contribution in [0.4, 0.5) is 5.82 Å². The molecule has 0 saturated carbocycles. The number of anilines is 1. The van der Waals surface area contributed by atoms with Gasteiger partial charge in [0.15, 0.2) is 17.1 Å². The molecule has 0 spiro atoms. The summed E-state index contributed by atoms with van der Waals surface area (Å²) in [6, 6.07) is 7.71. The van der Waals surface area contributed by atoms with E-state index >= 15 is 0 Å². The van der Waals surface area contributed by atoms with E-state index in [1.807, 2.05) is 30.5 Å². The van der Waals surface area contributed by atoms with Crippen molar-refractivity contribution in [3.05, 3.63) is 29.1 Å². The molecule has 0 atom stereocenters. The Labute approximate surface area is 168 Å². The molecule has 0 bridgehead atoms. The lowest BCUT2D eigenvalue weighted by molar-refractivity contribution is 0.339. The van der Waals surface area contributed by atoms with Crippen molar-refractivity contribution in [3.8, 4) is 23.6 Å². The quantitative estimate of drug-likeness (QED) is 0.705. The first-order valence-electron chi connectivity index (χ1n) is 8.61. The predicted molar refractivity (Wildman–Crippen MR) is 108 cm³/mol. The first-order valence-corrected chi connectivity index (χ1v) is 9.84. The van der Waals surface area contributed by atoms with E-state index in [2.05, 4.69) is 19.8 Å². The summed E-state index contributed by atoms with van der Waals surface area (Å²) in [4.78, 5) is 13.1. The maximum Gasteiger partial charge on any atom is 0.162 e. The minimum atomic E-state index is 0.158. The minimum Gasteiger partial charge on any atom is -0.493 e. The number of aromatic nitrogens is 2. The molecule has 0 radical (unpaired) electrons. The third-order valence-electron chi connectivity index (χ3n) is 4.62. The van der Waals surface area contributed by atoms with Crippen LogP contribution in [0.2, 0.25) is 0 Å². The Morgan fingerprint density at radius 3 is 2.25 bits per heavy atom. The number of nitrogens with zero attached hydrogens (tertiary/aromatic N) is 6. The average Bonchev–Trinajstić information content (AvgIpc) is 2.76. The van der Waals surface area contributed by atoms with Gasteiger partial charge in [-0.2, -0.15) is 10.5 Å². The van der Waals surface area contributed by atoms with E-state index in [0.29, 0.717) is 37.7 Å². The van der Waals surface area contributed by atoms with Gasteiger partial charge < -0.3 is 19.3 Å². The van der Waals surface area contributed by atoms with Crippen LogP contribution in [0, 0.1) is 22.7 Å². The van der Waals surface area contributed by atoms with Gasteiger partial charge in [-0.3, -0.25) is 0 Å². The third kappa shape index (κ3) is 3.62. The molecule has 0 amide bonds. The number of thioether (sulfide) groups is 1. The number of fused-ring (bicyclic) bond motifs is 1. The molecule has 0 unspecified atom stereocenters. The topological polar surface area (TPSA) is 98.3 Å². The first kappa shape index (κ1) is 19.6. The van der Waals surface area contributed by atoms with E-state index in [4.69, 9.17) is 9.47 Å². The fourth-order valence-corrected chi connectivity index (χ4v) is 3.99. The number of hydrogen-bond donors (Lipinski definition) is 0. The summed E-state index contributed by atoms with van der Waals surface area (Å²) in [5, 5.41) is 20.0.